The minimum Gasteiger partial charge on any atom is -0.772 e. The molecule has 1 aliphatic rings. The van der Waals surface area contributed by atoms with Crippen molar-refractivity contribution in [3.05, 3.63) is 0 Å². The van der Waals surface area contributed by atoms with Crippen LogP contribution in [0.5, 0.6) is 0 Å². The second-order valence-electron chi connectivity index (χ2n) is 3.98. The van der Waals surface area contributed by atoms with Gasteiger partial charge in [0, 0.05) is 45.0 Å². The van der Waals surface area contributed by atoms with Crippen LogP contribution in [0.2, 0.25) is 0 Å². The van der Waals surface area contributed by atoms with E-state index >= 15 is 0 Å². The van der Waals surface area contributed by atoms with Crippen LogP contribution in [0.25, 0.3) is 0 Å². The lowest BCUT2D eigenvalue weighted by atomic mass is 10.3. The van der Waals surface area contributed by atoms with Crippen LogP contribution in [0, 0.1) is 0 Å². The van der Waals surface area contributed by atoms with E-state index in [1.807, 2.05) is 9.80 Å². The number of hydrogen-bond acceptors (Lipinski definition) is 6. The van der Waals surface area contributed by atoms with Gasteiger partial charge < -0.3 is 4.55 Å². The topological polar surface area (TPSA) is 101 Å². The zero-order valence-corrected chi connectivity index (χ0v) is 11.1. The molecule has 7 nitrogen and oxygen atoms in total. The van der Waals surface area contributed by atoms with Crippen molar-refractivity contribution in [3.8, 4) is 0 Å². The maximum Gasteiger partial charge on any atom is 0.266 e. The van der Waals surface area contributed by atoms with Gasteiger partial charge in [-0.15, -0.1) is 0 Å². The van der Waals surface area contributed by atoms with E-state index in [4.69, 9.17) is 4.55 Å². The van der Waals surface area contributed by atoms with Gasteiger partial charge >= 0.3 is 0 Å². The lowest BCUT2D eigenvalue weighted by Gasteiger charge is -2.34. The third kappa shape index (κ3) is 7.06. The third-order valence-corrected chi connectivity index (χ3v) is 3.92. The summed E-state index contributed by atoms with van der Waals surface area (Å²) in [5, 5.41) is 0. The fourth-order valence-corrected chi connectivity index (χ4v) is 2.58. The van der Waals surface area contributed by atoms with Crippen molar-refractivity contribution in [2.45, 2.75) is 0 Å². The van der Waals surface area contributed by atoms with E-state index in [1.165, 1.54) is 0 Å². The normalized spacial score (nSPS) is 21.5. The van der Waals surface area contributed by atoms with Gasteiger partial charge in [0.15, 0.2) is 0 Å². The maximum atomic E-state index is 10.6. The first-order valence-electron chi connectivity index (χ1n) is 5.32. The van der Waals surface area contributed by atoms with Gasteiger partial charge in [-0.25, -0.2) is 0 Å². The van der Waals surface area contributed by atoms with Crippen LogP contribution in [-0.2, 0) is 21.2 Å². The van der Waals surface area contributed by atoms with E-state index in [0.29, 0.717) is 26.2 Å². The standard InChI is InChI=1S/C8H18N2O5S2/c11-16(12)7-5-9-1-3-10(4-2-9)6-8-17(13,14)15/h1-8H2,(H,11,12)(H,13,14,15)/p-1. The van der Waals surface area contributed by atoms with Crippen molar-refractivity contribution in [1.29, 1.82) is 0 Å². The smallest absolute Gasteiger partial charge is 0.266 e. The van der Waals surface area contributed by atoms with Gasteiger partial charge in [-0.1, -0.05) is 11.1 Å². The van der Waals surface area contributed by atoms with Crippen molar-refractivity contribution in [2.24, 2.45) is 0 Å². The molecule has 1 unspecified atom stereocenters. The van der Waals surface area contributed by atoms with Gasteiger partial charge in [-0.05, 0) is 0 Å². The van der Waals surface area contributed by atoms with E-state index in [0.717, 1.165) is 13.1 Å². The fraction of sp³-hybridized carbons (Fsp3) is 1.00. The first-order chi connectivity index (χ1) is 7.87. The van der Waals surface area contributed by atoms with Crippen molar-refractivity contribution >= 4 is 21.2 Å². The van der Waals surface area contributed by atoms with Gasteiger partial charge in [0.1, 0.15) is 0 Å². The quantitative estimate of drug-likeness (QED) is 0.462. The Balaban J connectivity index is 2.19. The Bertz CT molecular complexity index is 351. The Labute approximate surface area is 104 Å². The van der Waals surface area contributed by atoms with Crippen LogP contribution < -0.4 is 0 Å². The second-order valence-corrected chi connectivity index (χ2v) is 6.57. The van der Waals surface area contributed by atoms with Crippen LogP contribution in [0.15, 0.2) is 0 Å². The highest BCUT2D eigenvalue weighted by Crippen LogP contribution is 2.01. The highest BCUT2D eigenvalue weighted by Gasteiger charge is 2.17. The SMILES string of the molecule is O=S([O-])CCN1CCN(CCS(=O)(=O)O)CC1. The molecule has 1 N–H and O–H groups in total. The summed E-state index contributed by atoms with van der Waals surface area (Å²) in [6, 6.07) is 0. The van der Waals surface area contributed by atoms with E-state index in [9.17, 15) is 17.2 Å². The molecule has 1 atom stereocenters. The van der Waals surface area contributed by atoms with Crippen LogP contribution in [0.4, 0.5) is 0 Å². The molecule has 0 spiro atoms. The molecule has 0 saturated carbocycles. The fourth-order valence-electron chi connectivity index (χ4n) is 1.68. The Morgan fingerprint density at radius 2 is 1.59 bits per heavy atom. The molecule has 9 heteroatoms. The summed E-state index contributed by atoms with van der Waals surface area (Å²) in [6.45, 7) is 3.68. The minimum atomic E-state index is -3.90. The molecule has 1 aliphatic heterocycles. The van der Waals surface area contributed by atoms with Gasteiger partial charge in [-0.2, -0.15) is 8.42 Å². The number of nitrogens with zero attached hydrogens (tertiary/aromatic N) is 2. The summed E-state index contributed by atoms with van der Waals surface area (Å²) in [5.41, 5.74) is 0. The summed E-state index contributed by atoms with van der Waals surface area (Å²) in [5.74, 6) is -0.122. The van der Waals surface area contributed by atoms with E-state index < -0.39 is 21.2 Å². The van der Waals surface area contributed by atoms with Crippen LogP contribution in [0.3, 0.4) is 0 Å². The third-order valence-electron chi connectivity index (χ3n) is 2.70. The summed E-state index contributed by atoms with van der Waals surface area (Å²) >= 11 is -2.01. The second kappa shape index (κ2) is 6.76. The van der Waals surface area contributed by atoms with Gasteiger partial charge in [-0.3, -0.25) is 18.6 Å². The first kappa shape index (κ1) is 15.0. The number of rotatable bonds is 6. The number of piperazine rings is 1. The number of hydrogen-bond donors (Lipinski definition) is 1. The zero-order valence-electron chi connectivity index (χ0n) is 9.45. The summed E-state index contributed by atoms with van der Waals surface area (Å²) in [7, 11) is -3.90. The van der Waals surface area contributed by atoms with Gasteiger partial charge in [0.2, 0.25) is 0 Å². The lowest BCUT2D eigenvalue weighted by molar-refractivity contribution is 0.143. The monoisotopic (exact) mass is 285 g/mol. The average molecular weight is 285 g/mol. The van der Waals surface area contributed by atoms with Crippen molar-refractivity contribution < 1.29 is 21.7 Å². The molecule has 0 amide bonds. The minimum absolute atomic E-state index is 0.130. The highest BCUT2D eigenvalue weighted by molar-refractivity contribution is 7.85. The predicted octanol–water partition coefficient (Wildman–Crippen LogP) is -1.63. The molecule has 0 aromatic rings. The molecule has 0 aromatic heterocycles. The molecule has 0 radical (unpaired) electrons. The summed E-state index contributed by atoms with van der Waals surface area (Å²) in [4.78, 5) is 3.97. The molecule has 102 valence electrons. The Morgan fingerprint density at radius 1 is 1.12 bits per heavy atom. The van der Waals surface area contributed by atoms with Gasteiger partial charge in [0.05, 0.1) is 5.75 Å². The van der Waals surface area contributed by atoms with E-state index in [-0.39, 0.29) is 11.5 Å². The van der Waals surface area contributed by atoms with Crippen molar-refractivity contribution in [3.63, 3.8) is 0 Å². The summed E-state index contributed by atoms with van der Waals surface area (Å²) in [6.07, 6.45) is 0. The highest BCUT2D eigenvalue weighted by atomic mass is 32.2. The molecule has 1 fully saturated rings. The zero-order chi connectivity index (χ0) is 12.9. The molecular formula is C8H17N2O5S2-. The van der Waals surface area contributed by atoms with Crippen LogP contribution in [-0.4, -0.2) is 82.3 Å². The molecule has 0 aromatic carbocycles. The van der Waals surface area contributed by atoms with Crippen LogP contribution >= 0.6 is 0 Å². The van der Waals surface area contributed by atoms with Crippen molar-refractivity contribution in [1.82, 2.24) is 9.80 Å². The maximum absolute atomic E-state index is 10.6. The van der Waals surface area contributed by atoms with E-state index in [2.05, 4.69) is 0 Å². The van der Waals surface area contributed by atoms with E-state index in [1.54, 1.807) is 0 Å². The molecular weight excluding hydrogens is 268 g/mol. The first-order valence-corrected chi connectivity index (χ1v) is 8.18. The molecule has 17 heavy (non-hydrogen) atoms. The Hall–Kier alpha value is -0.0600. The molecule has 1 rings (SSSR count). The van der Waals surface area contributed by atoms with Crippen molar-refractivity contribution in [2.75, 3.05) is 50.8 Å². The predicted molar refractivity (Wildman–Crippen MR) is 63.1 cm³/mol. The lowest BCUT2D eigenvalue weighted by Crippen LogP contribution is -2.48. The summed E-state index contributed by atoms with van der Waals surface area (Å²) < 4.78 is 50.5. The largest absolute Gasteiger partial charge is 0.772 e. The van der Waals surface area contributed by atoms with Gasteiger partial charge in [0.25, 0.3) is 10.1 Å². The Kier molecular flexibility index (Phi) is 5.97. The Morgan fingerprint density at radius 3 is 2.00 bits per heavy atom. The molecule has 1 saturated heterocycles. The molecule has 0 aliphatic carbocycles. The molecule has 0 bridgehead atoms. The average Bonchev–Trinajstić information content (AvgIpc) is 2.24. The molecule has 1 heterocycles. The van der Waals surface area contributed by atoms with Crippen LogP contribution in [0.1, 0.15) is 0 Å².